The Morgan fingerprint density at radius 1 is 1.41 bits per heavy atom. The Kier molecular flexibility index (Phi) is 3.92. The molecule has 0 radical (unpaired) electrons. The third-order valence-electron chi connectivity index (χ3n) is 3.86. The van der Waals surface area contributed by atoms with Crippen molar-refractivity contribution in [1.82, 2.24) is 15.0 Å². The molecule has 1 unspecified atom stereocenters. The van der Waals surface area contributed by atoms with Crippen LogP contribution in [0.1, 0.15) is 49.4 Å². The van der Waals surface area contributed by atoms with Crippen LogP contribution in [-0.4, -0.2) is 27.5 Å². The lowest BCUT2D eigenvalue weighted by molar-refractivity contribution is -0.128. The molecule has 0 saturated carbocycles. The number of nitrogens with zero attached hydrogens (tertiary/aromatic N) is 3. The van der Waals surface area contributed by atoms with E-state index in [9.17, 15) is 9.18 Å². The molecule has 0 N–H and O–H groups in total. The molecule has 6 heteroatoms. The van der Waals surface area contributed by atoms with E-state index in [2.05, 4.69) is 10.1 Å². The smallest absolute Gasteiger partial charge is 0.232 e. The lowest BCUT2D eigenvalue weighted by Crippen LogP contribution is -2.24. The molecule has 1 aliphatic heterocycles. The Bertz CT molecular complexity index is 684. The Balaban J connectivity index is 1.71. The van der Waals surface area contributed by atoms with Gasteiger partial charge in [-0.15, -0.1) is 0 Å². The number of hydrogen-bond acceptors (Lipinski definition) is 4. The number of carbonyl (C=O) groups is 1. The molecule has 2 heterocycles. The fourth-order valence-electron chi connectivity index (χ4n) is 2.57. The lowest BCUT2D eigenvalue weighted by Gasteiger charge is -2.16. The number of rotatable bonds is 4. The predicted octanol–water partition coefficient (Wildman–Crippen LogP) is 2.85. The van der Waals surface area contributed by atoms with Gasteiger partial charge in [0.15, 0.2) is 5.82 Å². The molecule has 1 aromatic heterocycles. The minimum absolute atomic E-state index is 0.0162. The highest BCUT2D eigenvalue weighted by Crippen LogP contribution is 2.29. The number of hydrogen-bond donors (Lipinski definition) is 0. The van der Waals surface area contributed by atoms with Crippen molar-refractivity contribution in [3.63, 3.8) is 0 Å². The van der Waals surface area contributed by atoms with E-state index in [0.717, 1.165) is 0 Å². The van der Waals surface area contributed by atoms with Crippen LogP contribution in [0.25, 0.3) is 0 Å². The lowest BCUT2D eigenvalue weighted by atomic mass is 10.1. The molecule has 5 nitrogen and oxygen atoms in total. The van der Waals surface area contributed by atoms with Crippen molar-refractivity contribution in [1.29, 1.82) is 0 Å². The van der Waals surface area contributed by atoms with Gasteiger partial charge in [-0.05, 0) is 6.07 Å². The number of amides is 1. The second kappa shape index (κ2) is 5.87. The van der Waals surface area contributed by atoms with Crippen molar-refractivity contribution in [2.75, 3.05) is 6.54 Å². The first kappa shape index (κ1) is 14.7. The van der Waals surface area contributed by atoms with Gasteiger partial charge in [0.2, 0.25) is 11.8 Å². The summed E-state index contributed by atoms with van der Waals surface area (Å²) in [7, 11) is 0. The summed E-state index contributed by atoms with van der Waals surface area (Å²) < 4.78 is 19.0. The zero-order chi connectivity index (χ0) is 15.7. The number of likely N-dealkylation sites (tertiary alicyclic amines) is 1. The van der Waals surface area contributed by atoms with E-state index in [0.29, 0.717) is 30.2 Å². The topological polar surface area (TPSA) is 59.2 Å². The first-order chi connectivity index (χ1) is 10.5. The molecule has 1 atom stereocenters. The summed E-state index contributed by atoms with van der Waals surface area (Å²) in [5, 5.41) is 3.93. The molecular formula is C16H18FN3O2. The average Bonchev–Trinajstić information content (AvgIpc) is 3.09. The predicted molar refractivity (Wildman–Crippen MR) is 77.6 cm³/mol. The molecule has 0 aliphatic carbocycles. The maximum absolute atomic E-state index is 13.7. The van der Waals surface area contributed by atoms with Crippen molar-refractivity contribution in [3.8, 4) is 0 Å². The summed E-state index contributed by atoms with van der Waals surface area (Å²) in [5.74, 6) is 0.905. The van der Waals surface area contributed by atoms with Gasteiger partial charge in [-0.25, -0.2) is 4.39 Å². The number of carbonyl (C=O) groups excluding carboxylic acids is 1. The summed E-state index contributed by atoms with van der Waals surface area (Å²) in [6, 6.07) is 6.50. The highest BCUT2D eigenvalue weighted by molar-refractivity contribution is 5.79. The standard InChI is InChI=1S/C16H18FN3O2/c1-10(2)15-18-16(22-19-15)12-7-14(21)20(9-12)8-11-5-3-4-6-13(11)17/h3-6,10,12H,7-9H2,1-2H3. The fourth-order valence-corrected chi connectivity index (χ4v) is 2.57. The molecule has 1 amide bonds. The minimum Gasteiger partial charge on any atom is -0.339 e. The first-order valence-corrected chi connectivity index (χ1v) is 7.39. The Labute approximate surface area is 128 Å². The Hall–Kier alpha value is -2.24. The minimum atomic E-state index is -0.293. The van der Waals surface area contributed by atoms with Crippen LogP contribution in [0.15, 0.2) is 28.8 Å². The van der Waals surface area contributed by atoms with Crippen LogP contribution in [0.2, 0.25) is 0 Å². The average molecular weight is 303 g/mol. The van der Waals surface area contributed by atoms with Gasteiger partial charge in [-0.3, -0.25) is 4.79 Å². The van der Waals surface area contributed by atoms with Crippen molar-refractivity contribution >= 4 is 5.91 Å². The van der Waals surface area contributed by atoms with Gasteiger partial charge in [0.25, 0.3) is 0 Å². The van der Waals surface area contributed by atoms with E-state index in [1.807, 2.05) is 13.8 Å². The summed E-state index contributed by atoms with van der Waals surface area (Å²) in [5.41, 5.74) is 0.518. The Morgan fingerprint density at radius 3 is 2.86 bits per heavy atom. The molecular weight excluding hydrogens is 285 g/mol. The molecule has 1 fully saturated rings. The maximum Gasteiger partial charge on any atom is 0.232 e. The summed E-state index contributed by atoms with van der Waals surface area (Å²) in [4.78, 5) is 18.1. The van der Waals surface area contributed by atoms with Crippen molar-refractivity contribution in [2.24, 2.45) is 0 Å². The van der Waals surface area contributed by atoms with E-state index in [1.54, 1.807) is 23.1 Å². The van der Waals surface area contributed by atoms with E-state index in [1.165, 1.54) is 6.07 Å². The van der Waals surface area contributed by atoms with Crippen molar-refractivity contribution < 1.29 is 13.7 Å². The first-order valence-electron chi connectivity index (χ1n) is 7.39. The highest BCUT2D eigenvalue weighted by atomic mass is 19.1. The van der Waals surface area contributed by atoms with Gasteiger partial charge < -0.3 is 9.42 Å². The zero-order valence-electron chi connectivity index (χ0n) is 12.6. The number of halogens is 1. The molecule has 1 saturated heterocycles. The molecule has 2 aromatic rings. The highest BCUT2D eigenvalue weighted by Gasteiger charge is 2.34. The molecule has 0 bridgehead atoms. The van der Waals surface area contributed by atoms with E-state index < -0.39 is 0 Å². The van der Waals surface area contributed by atoms with Crippen LogP contribution in [-0.2, 0) is 11.3 Å². The van der Waals surface area contributed by atoms with E-state index in [-0.39, 0.29) is 30.1 Å². The van der Waals surface area contributed by atoms with Gasteiger partial charge in [-0.2, -0.15) is 4.98 Å². The van der Waals surface area contributed by atoms with E-state index in [4.69, 9.17) is 4.52 Å². The van der Waals surface area contributed by atoms with Gasteiger partial charge in [0.1, 0.15) is 5.82 Å². The molecule has 22 heavy (non-hydrogen) atoms. The largest absolute Gasteiger partial charge is 0.339 e. The fraction of sp³-hybridized carbons (Fsp3) is 0.438. The summed E-state index contributed by atoms with van der Waals surface area (Å²) in [6.45, 7) is 4.72. The monoisotopic (exact) mass is 303 g/mol. The third-order valence-corrected chi connectivity index (χ3v) is 3.86. The summed E-state index contributed by atoms with van der Waals surface area (Å²) >= 11 is 0. The maximum atomic E-state index is 13.7. The zero-order valence-corrected chi connectivity index (χ0v) is 12.6. The molecule has 0 spiro atoms. The quantitative estimate of drug-likeness (QED) is 0.871. The normalized spacial score (nSPS) is 18.5. The van der Waals surface area contributed by atoms with Crippen LogP contribution in [0.3, 0.4) is 0 Å². The second-order valence-corrected chi connectivity index (χ2v) is 5.91. The SMILES string of the molecule is CC(C)c1noc(C2CC(=O)N(Cc3ccccc3F)C2)n1. The van der Waals surface area contributed by atoms with Gasteiger partial charge in [0, 0.05) is 31.0 Å². The molecule has 3 rings (SSSR count). The van der Waals surface area contributed by atoms with E-state index >= 15 is 0 Å². The molecule has 1 aromatic carbocycles. The van der Waals surface area contributed by atoms with Crippen molar-refractivity contribution in [2.45, 2.75) is 38.6 Å². The molecule has 1 aliphatic rings. The Morgan fingerprint density at radius 2 is 2.18 bits per heavy atom. The van der Waals surface area contributed by atoms with Crippen LogP contribution in [0, 0.1) is 5.82 Å². The van der Waals surface area contributed by atoms with Crippen LogP contribution < -0.4 is 0 Å². The molecule has 116 valence electrons. The van der Waals surface area contributed by atoms with Gasteiger partial charge >= 0.3 is 0 Å². The van der Waals surface area contributed by atoms with Crippen LogP contribution in [0.5, 0.6) is 0 Å². The third kappa shape index (κ3) is 2.86. The second-order valence-electron chi connectivity index (χ2n) is 5.91. The van der Waals surface area contributed by atoms with Crippen molar-refractivity contribution in [3.05, 3.63) is 47.4 Å². The van der Waals surface area contributed by atoms with Crippen LogP contribution >= 0.6 is 0 Å². The number of benzene rings is 1. The summed E-state index contributed by atoms with van der Waals surface area (Å²) in [6.07, 6.45) is 0.328. The van der Waals surface area contributed by atoms with Gasteiger partial charge in [0.05, 0.1) is 5.92 Å². The van der Waals surface area contributed by atoms with Gasteiger partial charge in [-0.1, -0.05) is 37.2 Å². The van der Waals surface area contributed by atoms with Crippen LogP contribution in [0.4, 0.5) is 4.39 Å². The number of aromatic nitrogens is 2.